The Morgan fingerprint density at radius 1 is 1.21 bits per heavy atom. The lowest BCUT2D eigenvalue weighted by Gasteiger charge is -2.10. The smallest absolute Gasteiger partial charge is 0.293 e. The standard InChI is InChI=1S/C16H15N5O5S2/c1-20-10-17-18-16(20)27-13-6-3-11(4-7-13)19-28(24,25)15-8-5-12(26-2)9-14(15)21(22)23/h3-10,19H,1-2H3. The number of nitro benzene ring substituents is 1. The number of sulfonamides is 1. The van der Waals surface area contributed by atoms with Crippen LogP contribution in [0.4, 0.5) is 11.4 Å². The van der Waals surface area contributed by atoms with Crippen molar-refractivity contribution in [2.45, 2.75) is 14.9 Å². The van der Waals surface area contributed by atoms with Crippen LogP contribution >= 0.6 is 11.8 Å². The fourth-order valence-electron chi connectivity index (χ4n) is 2.27. The molecular weight excluding hydrogens is 406 g/mol. The molecule has 3 aromatic rings. The number of methoxy groups -OCH3 is 1. The summed E-state index contributed by atoms with van der Waals surface area (Å²) in [6.07, 6.45) is 1.58. The summed E-state index contributed by atoms with van der Waals surface area (Å²) in [6.45, 7) is 0. The van der Waals surface area contributed by atoms with E-state index < -0.39 is 25.5 Å². The summed E-state index contributed by atoms with van der Waals surface area (Å²) in [5.74, 6) is 0.191. The van der Waals surface area contributed by atoms with Crippen molar-refractivity contribution in [1.29, 1.82) is 0 Å². The van der Waals surface area contributed by atoms with Crippen LogP contribution in [-0.4, -0.2) is 35.2 Å². The third kappa shape index (κ3) is 4.23. The maximum atomic E-state index is 12.6. The number of hydrogen-bond acceptors (Lipinski definition) is 8. The van der Waals surface area contributed by atoms with Crippen LogP contribution in [0.5, 0.6) is 5.75 Å². The lowest BCUT2D eigenvalue weighted by molar-refractivity contribution is -0.387. The fourth-order valence-corrected chi connectivity index (χ4v) is 4.24. The zero-order valence-electron chi connectivity index (χ0n) is 14.8. The van der Waals surface area contributed by atoms with E-state index in [4.69, 9.17) is 4.74 Å². The largest absolute Gasteiger partial charge is 0.497 e. The summed E-state index contributed by atoms with van der Waals surface area (Å²) in [5.41, 5.74) is -0.297. The first-order valence-corrected chi connectivity index (χ1v) is 10.1. The first-order valence-electron chi connectivity index (χ1n) is 7.77. The van der Waals surface area contributed by atoms with Crippen LogP contribution in [-0.2, 0) is 17.1 Å². The number of nitrogens with one attached hydrogen (secondary N) is 1. The molecule has 3 rings (SSSR count). The quantitative estimate of drug-likeness (QED) is 0.455. The number of hydrogen-bond donors (Lipinski definition) is 1. The molecule has 0 saturated heterocycles. The first-order chi connectivity index (χ1) is 13.3. The fraction of sp³-hybridized carbons (Fsp3) is 0.125. The minimum Gasteiger partial charge on any atom is -0.497 e. The van der Waals surface area contributed by atoms with Crippen molar-refractivity contribution in [2.75, 3.05) is 11.8 Å². The predicted octanol–water partition coefficient (Wildman–Crippen LogP) is 2.68. The van der Waals surface area contributed by atoms with Crippen molar-refractivity contribution >= 4 is 33.2 Å². The van der Waals surface area contributed by atoms with Crippen LogP contribution in [0.1, 0.15) is 0 Å². The van der Waals surface area contributed by atoms with E-state index in [0.29, 0.717) is 5.16 Å². The molecule has 146 valence electrons. The van der Waals surface area contributed by atoms with Crippen LogP contribution in [0.15, 0.2) is 63.7 Å². The van der Waals surface area contributed by atoms with E-state index in [9.17, 15) is 18.5 Å². The van der Waals surface area contributed by atoms with Crippen LogP contribution in [0.2, 0.25) is 0 Å². The molecule has 0 aliphatic rings. The molecule has 28 heavy (non-hydrogen) atoms. The van der Waals surface area contributed by atoms with E-state index in [0.717, 1.165) is 17.0 Å². The molecule has 0 amide bonds. The maximum absolute atomic E-state index is 12.6. The predicted molar refractivity (Wildman–Crippen MR) is 102 cm³/mol. The number of ether oxygens (including phenoxy) is 1. The van der Waals surface area contributed by atoms with Gasteiger partial charge in [0, 0.05) is 17.6 Å². The molecule has 0 spiro atoms. The first kappa shape index (κ1) is 19.6. The topological polar surface area (TPSA) is 129 Å². The molecule has 1 aromatic heterocycles. The van der Waals surface area contributed by atoms with Crippen LogP contribution in [0.25, 0.3) is 0 Å². The highest BCUT2D eigenvalue weighted by Gasteiger charge is 2.26. The molecule has 0 saturated carbocycles. The molecule has 10 nitrogen and oxygen atoms in total. The Morgan fingerprint density at radius 3 is 2.50 bits per heavy atom. The van der Waals surface area contributed by atoms with Gasteiger partial charge in [0.05, 0.1) is 18.1 Å². The van der Waals surface area contributed by atoms with Gasteiger partial charge in [-0.1, -0.05) is 0 Å². The van der Waals surface area contributed by atoms with Gasteiger partial charge in [-0.05, 0) is 48.2 Å². The zero-order chi connectivity index (χ0) is 20.3. The Kier molecular flexibility index (Phi) is 5.51. The number of nitro groups is 1. The molecule has 0 unspecified atom stereocenters. The second kappa shape index (κ2) is 7.86. The van der Waals surface area contributed by atoms with Gasteiger partial charge in [0.25, 0.3) is 15.7 Å². The Balaban J connectivity index is 1.83. The number of aryl methyl sites for hydroxylation is 1. The second-order valence-corrected chi connectivity index (χ2v) is 8.24. The molecular formula is C16H15N5O5S2. The van der Waals surface area contributed by atoms with Crippen LogP contribution in [0, 0.1) is 10.1 Å². The average molecular weight is 421 g/mol. The van der Waals surface area contributed by atoms with Gasteiger partial charge < -0.3 is 9.30 Å². The van der Waals surface area contributed by atoms with E-state index in [1.54, 1.807) is 35.2 Å². The van der Waals surface area contributed by atoms with E-state index in [1.165, 1.54) is 24.9 Å². The SMILES string of the molecule is COc1ccc(S(=O)(=O)Nc2ccc(Sc3nncn3C)cc2)c([N+](=O)[O-])c1. The summed E-state index contributed by atoms with van der Waals surface area (Å²) in [5, 5.41) is 19.7. The van der Waals surface area contributed by atoms with Crippen molar-refractivity contribution < 1.29 is 18.1 Å². The molecule has 0 aliphatic heterocycles. The summed E-state index contributed by atoms with van der Waals surface area (Å²) >= 11 is 1.36. The summed E-state index contributed by atoms with van der Waals surface area (Å²) in [6, 6.07) is 10.1. The number of rotatable bonds is 7. The van der Waals surface area contributed by atoms with Crippen molar-refractivity contribution in [3.8, 4) is 5.75 Å². The average Bonchev–Trinajstić information content (AvgIpc) is 3.07. The number of benzene rings is 2. The molecule has 1 heterocycles. The van der Waals surface area contributed by atoms with Gasteiger partial charge in [0.1, 0.15) is 12.1 Å². The molecule has 0 radical (unpaired) electrons. The van der Waals surface area contributed by atoms with Gasteiger partial charge in [-0.15, -0.1) is 10.2 Å². The van der Waals surface area contributed by atoms with Gasteiger partial charge in [-0.2, -0.15) is 0 Å². The number of anilines is 1. The highest BCUT2D eigenvalue weighted by Crippen LogP contribution is 2.31. The third-order valence-corrected chi connectivity index (χ3v) is 6.13. The highest BCUT2D eigenvalue weighted by atomic mass is 32.2. The molecule has 0 atom stereocenters. The van der Waals surface area contributed by atoms with Gasteiger partial charge in [0.15, 0.2) is 10.1 Å². The van der Waals surface area contributed by atoms with E-state index >= 15 is 0 Å². The molecule has 0 fully saturated rings. The molecule has 2 aromatic carbocycles. The van der Waals surface area contributed by atoms with Gasteiger partial charge >= 0.3 is 0 Å². The van der Waals surface area contributed by atoms with Crippen LogP contribution in [0.3, 0.4) is 0 Å². The van der Waals surface area contributed by atoms with Gasteiger partial charge in [0.2, 0.25) is 0 Å². The Morgan fingerprint density at radius 2 is 1.93 bits per heavy atom. The molecule has 0 aliphatic carbocycles. The van der Waals surface area contributed by atoms with Crippen molar-refractivity contribution in [3.63, 3.8) is 0 Å². The molecule has 0 bridgehead atoms. The van der Waals surface area contributed by atoms with Crippen LogP contribution < -0.4 is 9.46 Å². The Labute approximate surface area is 164 Å². The number of nitrogens with zero attached hydrogens (tertiary/aromatic N) is 4. The minimum absolute atomic E-state index is 0.191. The Hall–Kier alpha value is -3.12. The second-order valence-electron chi connectivity index (χ2n) is 5.55. The van der Waals surface area contributed by atoms with Crippen molar-refractivity contribution in [3.05, 3.63) is 58.9 Å². The van der Waals surface area contributed by atoms with Crippen molar-refractivity contribution in [1.82, 2.24) is 14.8 Å². The number of aromatic nitrogens is 3. The lowest BCUT2D eigenvalue weighted by Crippen LogP contribution is -2.14. The van der Waals surface area contributed by atoms with E-state index in [2.05, 4.69) is 14.9 Å². The Bertz CT molecular complexity index is 1110. The van der Waals surface area contributed by atoms with E-state index in [-0.39, 0.29) is 11.4 Å². The van der Waals surface area contributed by atoms with E-state index in [1.807, 2.05) is 7.05 Å². The highest BCUT2D eigenvalue weighted by molar-refractivity contribution is 7.99. The summed E-state index contributed by atoms with van der Waals surface area (Å²) in [4.78, 5) is 10.9. The maximum Gasteiger partial charge on any atom is 0.293 e. The third-order valence-electron chi connectivity index (χ3n) is 3.64. The van der Waals surface area contributed by atoms with Gasteiger partial charge in [-0.25, -0.2) is 8.42 Å². The monoisotopic (exact) mass is 421 g/mol. The van der Waals surface area contributed by atoms with Gasteiger partial charge in [-0.3, -0.25) is 14.8 Å². The molecule has 1 N–H and O–H groups in total. The molecule has 12 heteroatoms. The lowest BCUT2D eigenvalue weighted by atomic mass is 10.3. The summed E-state index contributed by atoms with van der Waals surface area (Å²) < 4.78 is 34.3. The van der Waals surface area contributed by atoms with Crippen molar-refractivity contribution in [2.24, 2.45) is 7.05 Å². The normalized spacial score (nSPS) is 11.2. The zero-order valence-corrected chi connectivity index (χ0v) is 16.4. The summed E-state index contributed by atoms with van der Waals surface area (Å²) in [7, 11) is -1.01. The minimum atomic E-state index is -4.16.